The third kappa shape index (κ3) is 3.78. The van der Waals surface area contributed by atoms with E-state index in [2.05, 4.69) is 9.71 Å². The lowest BCUT2D eigenvalue weighted by atomic mass is 10.1. The number of nitrogens with one attached hydrogen (secondary N) is 1. The second kappa shape index (κ2) is 6.50. The molecule has 2 rings (SSSR count). The predicted octanol–water partition coefficient (Wildman–Crippen LogP) is 0.916. The number of nitrogens with zero attached hydrogens (tertiary/aromatic N) is 2. The number of aliphatic carboxylic acids is 1. The maximum atomic E-state index is 12.4. The summed E-state index contributed by atoms with van der Waals surface area (Å²) in [6, 6.07) is 3.72. The van der Waals surface area contributed by atoms with Gasteiger partial charge in [-0.3, -0.25) is 9.78 Å². The van der Waals surface area contributed by atoms with E-state index in [1.807, 2.05) is 0 Å². The number of hydrogen-bond donors (Lipinski definition) is 2. The second-order valence-corrected chi connectivity index (χ2v) is 6.71. The Kier molecular flexibility index (Phi) is 4.92. The molecule has 1 aliphatic heterocycles. The number of carbonyl (C=O) groups is 1. The Hall–Kier alpha value is -1.51. The lowest BCUT2D eigenvalue weighted by molar-refractivity contribution is -0.142. The number of carboxylic acids is 1. The molecular formula is C13H19N3O4S. The molecule has 7 nitrogen and oxygen atoms in total. The van der Waals surface area contributed by atoms with Crippen molar-refractivity contribution in [1.82, 2.24) is 14.0 Å². The molecule has 2 atom stereocenters. The molecule has 0 spiro atoms. The summed E-state index contributed by atoms with van der Waals surface area (Å²) in [4.78, 5) is 15.3. The van der Waals surface area contributed by atoms with Crippen molar-refractivity contribution in [2.45, 2.75) is 38.3 Å². The average Bonchev–Trinajstić information content (AvgIpc) is 2.47. The van der Waals surface area contributed by atoms with Gasteiger partial charge < -0.3 is 5.11 Å². The van der Waals surface area contributed by atoms with Crippen LogP contribution in [0.1, 0.15) is 37.9 Å². The number of pyridine rings is 1. The van der Waals surface area contributed by atoms with Crippen LogP contribution in [-0.2, 0) is 15.0 Å². The van der Waals surface area contributed by atoms with Gasteiger partial charge in [0, 0.05) is 12.7 Å². The predicted molar refractivity (Wildman–Crippen MR) is 76.7 cm³/mol. The lowest BCUT2D eigenvalue weighted by Gasteiger charge is -2.32. The van der Waals surface area contributed by atoms with Gasteiger partial charge in [0.15, 0.2) is 0 Å². The zero-order chi connectivity index (χ0) is 15.5. The first-order valence-electron chi connectivity index (χ1n) is 6.84. The van der Waals surface area contributed by atoms with Gasteiger partial charge >= 0.3 is 5.97 Å². The largest absolute Gasteiger partial charge is 0.480 e. The van der Waals surface area contributed by atoms with Crippen LogP contribution in [0.15, 0.2) is 24.4 Å². The Morgan fingerprint density at radius 3 is 2.86 bits per heavy atom. The summed E-state index contributed by atoms with van der Waals surface area (Å²) in [7, 11) is -3.86. The summed E-state index contributed by atoms with van der Waals surface area (Å²) >= 11 is 0. The van der Waals surface area contributed by atoms with Crippen LogP contribution in [0.2, 0.25) is 0 Å². The number of piperidine rings is 1. The van der Waals surface area contributed by atoms with Crippen LogP contribution in [0.4, 0.5) is 0 Å². The minimum Gasteiger partial charge on any atom is -0.480 e. The summed E-state index contributed by atoms with van der Waals surface area (Å²) in [6.07, 6.45) is 3.32. The van der Waals surface area contributed by atoms with Gasteiger partial charge in [0.05, 0.1) is 11.7 Å². The zero-order valence-electron chi connectivity index (χ0n) is 11.8. The molecule has 21 heavy (non-hydrogen) atoms. The fourth-order valence-corrected chi connectivity index (χ4v) is 4.03. The zero-order valence-corrected chi connectivity index (χ0v) is 12.6. The van der Waals surface area contributed by atoms with Gasteiger partial charge in [-0.1, -0.05) is 6.07 Å². The molecule has 116 valence electrons. The van der Waals surface area contributed by atoms with E-state index in [0.717, 1.165) is 10.7 Å². The molecular weight excluding hydrogens is 294 g/mol. The Bertz CT molecular complexity index is 591. The van der Waals surface area contributed by atoms with E-state index in [1.54, 1.807) is 31.3 Å². The third-order valence-corrected chi connectivity index (χ3v) is 5.21. The van der Waals surface area contributed by atoms with E-state index in [0.29, 0.717) is 18.5 Å². The lowest BCUT2D eigenvalue weighted by Crippen LogP contribution is -2.52. The van der Waals surface area contributed by atoms with Crippen LogP contribution < -0.4 is 4.72 Å². The number of aromatic nitrogens is 1. The molecule has 0 aliphatic carbocycles. The minimum atomic E-state index is -3.86. The monoisotopic (exact) mass is 313 g/mol. The van der Waals surface area contributed by atoms with Gasteiger partial charge in [-0.05, 0) is 38.3 Å². The number of hydrogen-bond acceptors (Lipinski definition) is 4. The van der Waals surface area contributed by atoms with Gasteiger partial charge in [0.1, 0.15) is 6.04 Å². The molecule has 0 saturated carbocycles. The fraction of sp³-hybridized carbons (Fsp3) is 0.538. The molecule has 1 aromatic rings. The number of rotatable bonds is 5. The van der Waals surface area contributed by atoms with E-state index < -0.39 is 28.3 Å². The highest BCUT2D eigenvalue weighted by molar-refractivity contribution is 7.87. The Balaban J connectivity index is 2.15. The van der Waals surface area contributed by atoms with Crippen molar-refractivity contribution < 1.29 is 18.3 Å². The summed E-state index contributed by atoms with van der Waals surface area (Å²) in [5.74, 6) is -1.11. The summed E-state index contributed by atoms with van der Waals surface area (Å²) in [5.41, 5.74) is 0.588. The van der Waals surface area contributed by atoms with E-state index in [-0.39, 0.29) is 6.54 Å². The molecule has 1 saturated heterocycles. The van der Waals surface area contributed by atoms with Gasteiger partial charge in [-0.25, -0.2) is 0 Å². The van der Waals surface area contributed by atoms with Gasteiger partial charge in [0.25, 0.3) is 10.2 Å². The van der Waals surface area contributed by atoms with E-state index in [9.17, 15) is 18.3 Å². The van der Waals surface area contributed by atoms with Gasteiger partial charge in [-0.15, -0.1) is 0 Å². The Labute approximate surface area is 124 Å². The van der Waals surface area contributed by atoms with E-state index in [4.69, 9.17) is 0 Å². The maximum absolute atomic E-state index is 12.4. The van der Waals surface area contributed by atoms with Crippen molar-refractivity contribution in [2.75, 3.05) is 6.54 Å². The quantitative estimate of drug-likeness (QED) is 0.842. The average molecular weight is 313 g/mol. The highest BCUT2D eigenvalue weighted by atomic mass is 32.2. The van der Waals surface area contributed by atoms with E-state index >= 15 is 0 Å². The summed E-state index contributed by atoms with van der Waals surface area (Å²) in [6.45, 7) is 1.90. The van der Waals surface area contributed by atoms with Gasteiger partial charge in [-0.2, -0.15) is 17.4 Å². The third-order valence-electron chi connectivity index (χ3n) is 3.50. The molecule has 1 unspecified atom stereocenters. The van der Waals surface area contributed by atoms with Gasteiger partial charge in [0.2, 0.25) is 0 Å². The van der Waals surface area contributed by atoms with Crippen molar-refractivity contribution in [2.24, 2.45) is 0 Å². The highest BCUT2D eigenvalue weighted by Gasteiger charge is 2.37. The summed E-state index contributed by atoms with van der Waals surface area (Å²) in [5, 5.41) is 9.18. The standard InChI is InChI=1S/C13H19N3O4S/c1-10(11-6-2-4-8-14-11)15-21(19,20)16-9-5-3-7-12(16)13(17)18/h2,4,6,8,10,12,15H,3,5,7,9H2,1H3,(H,17,18)/t10-,12?/m0/s1. The van der Waals surface area contributed by atoms with Crippen LogP contribution in [0, 0.1) is 0 Å². The van der Waals surface area contributed by atoms with Crippen molar-refractivity contribution in [3.05, 3.63) is 30.1 Å². The second-order valence-electron chi connectivity index (χ2n) is 5.06. The van der Waals surface area contributed by atoms with Crippen molar-refractivity contribution in [1.29, 1.82) is 0 Å². The van der Waals surface area contributed by atoms with Crippen molar-refractivity contribution in [3.8, 4) is 0 Å². The summed E-state index contributed by atoms with van der Waals surface area (Å²) < 4.78 is 28.4. The fourth-order valence-electron chi connectivity index (χ4n) is 2.42. The first kappa shape index (κ1) is 15.9. The molecule has 0 amide bonds. The highest BCUT2D eigenvalue weighted by Crippen LogP contribution is 2.21. The molecule has 0 radical (unpaired) electrons. The first-order chi connectivity index (χ1) is 9.92. The molecule has 8 heteroatoms. The minimum absolute atomic E-state index is 0.223. The number of carboxylic acid groups (broad SMARTS) is 1. The van der Waals surface area contributed by atoms with Crippen LogP contribution in [0.3, 0.4) is 0 Å². The molecule has 2 heterocycles. The molecule has 1 aromatic heterocycles. The topological polar surface area (TPSA) is 99.6 Å². The smallest absolute Gasteiger partial charge is 0.322 e. The van der Waals surface area contributed by atoms with Crippen LogP contribution in [-0.4, -0.2) is 41.4 Å². The molecule has 0 aromatic carbocycles. The maximum Gasteiger partial charge on any atom is 0.322 e. The Morgan fingerprint density at radius 2 is 2.24 bits per heavy atom. The van der Waals surface area contributed by atoms with Crippen LogP contribution in [0.5, 0.6) is 0 Å². The van der Waals surface area contributed by atoms with E-state index in [1.165, 1.54) is 0 Å². The first-order valence-corrected chi connectivity index (χ1v) is 8.28. The SMILES string of the molecule is C[C@H](NS(=O)(=O)N1CCCCC1C(=O)O)c1ccccn1. The Morgan fingerprint density at radius 1 is 1.48 bits per heavy atom. The molecule has 0 bridgehead atoms. The van der Waals surface area contributed by atoms with Crippen molar-refractivity contribution >= 4 is 16.2 Å². The molecule has 1 aliphatic rings. The van der Waals surface area contributed by atoms with Crippen molar-refractivity contribution in [3.63, 3.8) is 0 Å². The normalized spacial score (nSPS) is 21.9. The molecule has 1 fully saturated rings. The van der Waals surface area contributed by atoms with Crippen LogP contribution in [0.25, 0.3) is 0 Å². The molecule has 2 N–H and O–H groups in total. The van der Waals surface area contributed by atoms with Crippen LogP contribution >= 0.6 is 0 Å².